The number of aryl methyl sites for hydroxylation is 1. The lowest BCUT2D eigenvalue weighted by Gasteiger charge is -2.17. The first-order valence-electron chi connectivity index (χ1n) is 4.73. The van der Waals surface area contributed by atoms with Gasteiger partial charge in [-0.15, -0.1) is 11.3 Å². The molecule has 16 heavy (non-hydrogen) atoms. The zero-order valence-electron chi connectivity index (χ0n) is 9.40. The molecule has 2 aromatic rings. The molecule has 4 heteroatoms. The second kappa shape index (κ2) is 5.09. The highest BCUT2D eigenvalue weighted by Gasteiger charge is 2.09. The normalized spacial score (nSPS) is 9.69. The van der Waals surface area contributed by atoms with E-state index in [9.17, 15) is 4.39 Å². The van der Waals surface area contributed by atoms with Gasteiger partial charge in [0.15, 0.2) is 0 Å². The zero-order chi connectivity index (χ0) is 10.8. The highest BCUT2D eigenvalue weighted by molar-refractivity contribution is 7.16. The number of thiophene rings is 1. The summed E-state index contributed by atoms with van der Waals surface area (Å²) in [6.45, 7) is 2.04. The summed E-state index contributed by atoms with van der Waals surface area (Å²) in [5, 5.41) is 1.05. The van der Waals surface area contributed by atoms with E-state index in [0.29, 0.717) is 5.69 Å². The van der Waals surface area contributed by atoms with Crippen LogP contribution in [-0.4, -0.2) is 7.05 Å². The van der Waals surface area contributed by atoms with Crippen molar-refractivity contribution < 1.29 is 4.39 Å². The summed E-state index contributed by atoms with van der Waals surface area (Å²) < 4.78 is 13.5. The van der Waals surface area contributed by atoms with E-state index in [-0.39, 0.29) is 12.0 Å². The summed E-state index contributed by atoms with van der Waals surface area (Å²) in [6.07, 6.45) is 0. The third-order valence-electron chi connectivity index (χ3n) is 2.27. The van der Waals surface area contributed by atoms with Crippen molar-refractivity contribution >= 4 is 22.0 Å². The van der Waals surface area contributed by atoms with Gasteiger partial charge in [0, 0.05) is 11.9 Å². The maximum atomic E-state index is 13.5. The Kier molecular flexibility index (Phi) is 4.04. The van der Waals surface area contributed by atoms with E-state index in [1.54, 1.807) is 23.5 Å². The summed E-state index contributed by atoms with van der Waals surface area (Å²) in [6, 6.07) is 10.8. The van der Waals surface area contributed by atoms with Gasteiger partial charge in [0.05, 0.1) is 10.7 Å². The Bertz CT molecular complexity index is 468. The minimum Gasteiger partial charge on any atom is -0.344 e. The van der Waals surface area contributed by atoms with Crippen LogP contribution in [0.3, 0.4) is 0 Å². The number of para-hydroxylation sites is 1. The van der Waals surface area contributed by atoms with E-state index < -0.39 is 0 Å². The summed E-state index contributed by atoms with van der Waals surface area (Å²) in [5.41, 5.74) is 0.611. The van der Waals surface area contributed by atoms with Crippen molar-refractivity contribution in [3.63, 3.8) is 0 Å². The average molecular weight is 238 g/mol. The van der Waals surface area contributed by atoms with E-state index in [4.69, 9.17) is 0 Å². The molecule has 1 aromatic heterocycles. The van der Waals surface area contributed by atoms with Gasteiger partial charge in [0.1, 0.15) is 5.82 Å². The molecule has 86 valence electrons. The number of halogens is 1. The SMILES string of the molecule is Cc1ccc(N(C)c2ccccc2F)s1.N. The Labute approximate surface area is 98.9 Å². The molecule has 2 nitrogen and oxygen atoms in total. The smallest absolute Gasteiger partial charge is 0.146 e. The second-order valence-corrected chi connectivity index (χ2v) is 4.66. The van der Waals surface area contributed by atoms with Gasteiger partial charge in [-0.1, -0.05) is 12.1 Å². The maximum absolute atomic E-state index is 13.5. The Morgan fingerprint density at radius 1 is 1.12 bits per heavy atom. The molecule has 1 heterocycles. The van der Waals surface area contributed by atoms with Gasteiger partial charge >= 0.3 is 0 Å². The molecule has 0 atom stereocenters. The van der Waals surface area contributed by atoms with E-state index in [0.717, 1.165) is 5.00 Å². The maximum Gasteiger partial charge on any atom is 0.146 e. The van der Waals surface area contributed by atoms with Crippen LogP contribution in [0.1, 0.15) is 4.88 Å². The quantitative estimate of drug-likeness (QED) is 0.854. The van der Waals surface area contributed by atoms with Gasteiger partial charge in [-0.25, -0.2) is 4.39 Å². The van der Waals surface area contributed by atoms with E-state index in [1.807, 2.05) is 37.1 Å². The lowest BCUT2D eigenvalue weighted by molar-refractivity contribution is 0.628. The number of nitrogens with zero attached hydrogens (tertiary/aromatic N) is 1. The monoisotopic (exact) mass is 238 g/mol. The molecular weight excluding hydrogens is 223 g/mol. The van der Waals surface area contributed by atoms with E-state index in [2.05, 4.69) is 0 Å². The van der Waals surface area contributed by atoms with Crippen LogP contribution >= 0.6 is 11.3 Å². The summed E-state index contributed by atoms with van der Waals surface area (Å²) in [5.74, 6) is -0.189. The van der Waals surface area contributed by atoms with Crippen LogP contribution in [0, 0.1) is 12.7 Å². The molecule has 3 N–H and O–H groups in total. The number of hydrogen-bond donors (Lipinski definition) is 1. The number of hydrogen-bond acceptors (Lipinski definition) is 3. The van der Waals surface area contributed by atoms with E-state index >= 15 is 0 Å². The first-order valence-corrected chi connectivity index (χ1v) is 5.55. The first-order chi connectivity index (χ1) is 7.18. The Hall–Kier alpha value is -1.39. The van der Waals surface area contributed by atoms with Crippen molar-refractivity contribution in [1.82, 2.24) is 6.15 Å². The number of anilines is 2. The van der Waals surface area contributed by atoms with Crippen molar-refractivity contribution in [2.45, 2.75) is 6.92 Å². The van der Waals surface area contributed by atoms with Crippen molar-refractivity contribution in [2.24, 2.45) is 0 Å². The van der Waals surface area contributed by atoms with Crippen molar-refractivity contribution in [3.8, 4) is 0 Å². The van der Waals surface area contributed by atoms with Gasteiger partial charge in [-0.3, -0.25) is 0 Å². The first kappa shape index (κ1) is 12.7. The predicted molar refractivity (Wildman–Crippen MR) is 68.5 cm³/mol. The highest BCUT2D eigenvalue weighted by atomic mass is 32.1. The van der Waals surface area contributed by atoms with Crippen molar-refractivity contribution in [3.05, 3.63) is 47.1 Å². The number of benzene rings is 1. The summed E-state index contributed by atoms with van der Waals surface area (Å²) in [4.78, 5) is 3.10. The molecular formula is C12H15FN2S. The van der Waals surface area contributed by atoms with Gasteiger partial charge in [-0.05, 0) is 31.2 Å². The molecule has 0 saturated carbocycles. The van der Waals surface area contributed by atoms with Crippen LogP contribution in [0.25, 0.3) is 0 Å². The lowest BCUT2D eigenvalue weighted by Crippen LogP contribution is -2.09. The Balaban J connectivity index is 0.00000128. The molecule has 2 rings (SSSR count). The lowest BCUT2D eigenvalue weighted by atomic mass is 10.3. The fourth-order valence-electron chi connectivity index (χ4n) is 1.44. The highest BCUT2D eigenvalue weighted by Crippen LogP contribution is 2.31. The van der Waals surface area contributed by atoms with Gasteiger partial charge in [0.2, 0.25) is 0 Å². The molecule has 0 saturated heterocycles. The predicted octanol–water partition coefficient (Wildman–Crippen LogP) is 4.13. The molecule has 0 aliphatic rings. The average Bonchev–Trinajstić information content (AvgIpc) is 2.65. The fourth-order valence-corrected chi connectivity index (χ4v) is 2.28. The minimum absolute atomic E-state index is 0. The standard InChI is InChI=1S/C12H12FNS.H3N/c1-9-7-8-12(15-9)14(2)11-6-4-3-5-10(11)13;/h3-8H,1-2H3;1H3. The third-order valence-corrected chi connectivity index (χ3v) is 3.35. The van der Waals surface area contributed by atoms with Gasteiger partial charge in [-0.2, -0.15) is 0 Å². The van der Waals surface area contributed by atoms with E-state index in [1.165, 1.54) is 10.9 Å². The minimum atomic E-state index is -0.189. The van der Waals surface area contributed by atoms with Crippen LogP contribution in [0.15, 0.2) is 36.4 Å². The Morgan fingerprint density at radius 3 is 2.38 bits per heavy atom. The Morgan fingerprint density at radius 2 is 1.81 bits per heavy atom. The second-order valence-electron chi connectivity index (χ2n) is 3.39. The molecule has 0 aliphatic carbocycles. The molecule has 0 amide bonds. The van der Waals surface area contributed by atoms with Crippen LogP contribution in [-0.2, 0) is 0 Å². The molecule has 0 spiro atoms. The van der Waals surface area contributed by atoms with Crippen LogP contribution in [0.4, 0.5) is 15.1 Å². The third kappa shape index (κ3) is 2.40. The van der Waals surface area contributed by atoms with Crippen LogP contribution in [0.2, 0.25) is 0 Å². The number of rotatable bonds is 2. The molecule has 0 fully saturated rings. The summed E-state index contributed by atoms with van der Waals surface area (Å²) in [7, 11) is 1.88. The molecule has 0 aliphatic heterocycles. The van der Waals surface area contributed by atoms with Gasteiger partial charge < -0.3 is 11.1 Å². The fraction of sp³-hybridized carbons (Fsp3) is 0.167. The van der Waals surface area contributed by atoms with Crippen molar-refractivity contribution in [1.29, 1.82) is 0 Å². The molecule has 1 aromatic carbocycles. The zero-order valence-corrected chi connectivity index (χ0v) is 10.2. The van der Waals surface area contributed by atoms with Crippen LogP contribution in [0.5, 0.6) is 0 Å². The topological polar surface area (TPSA) is 38.2 Å². The van der Waals surface area contributed by atoms with Crippen molar-refractivity contribution in [2.75, 3.05) is 11.9 Å². The summed E-state index contributed by atoms with van der Waals surface area (Å²) >= 11 is 1.66. The van der Waals surface area contributed by atoms with Crippen LogP contribution < -0.4 is 11.1 Å². The van der Waals surface area contributed by atoms with Gasteiger partial charge in [0.25, 0.3) is 0 Å². The molecule has 0 radical (unpaired) electrons. The molecule has 0 unspecified atom stereocenters. The molecule has 0 bridgehead atoms. The largest absolute Gasteiger partial charge is 0.344 e.